The highest BCUT2D eigenvalue weighted by atomic mass is 79.9. The summed E-state index contributed by atoms with van der Waals surface area (Å²) in [5.74, 6) is -0.226. The number of amides is 1. The predicted molar refractivity (Wildman–Crippen MR) is 120 cm³/mol. The molecule has 154 valence electrons. The van der Waals surface area contributed by atoms with Gasteiger partial charge < -0.3 is 10.3 Å². The van der Waals surface area contributed by atoms with Gasteiger partial charge in [0.2, 0.25) is 0 Å². The number of aromatic amines is 1. The first-order chi connectivity index (χ1) is 13.7. The molecule has 0 aliphatic rings. The average Bonchev–Trinajstić information content (AvgIpc) is 2.98. The van der Waals surface area contributed by atoms with Crippen LogP contribution in [-0.2, 0) is 13.0 Å². The van der Waals surface area contributed by atoms with Crippen LogP contribution in [0.5, 0.6) is 0 Å². The summed E-state index contributed by atoms with van der Waals surface area (Å²) < 4.78 is 2.64. The quantitative estimate of drug-likeness (QED) is 0.567. The zero-order valence-corrected chi connectivity index (χ0v) is 19.1. The highest BCUT2D eigenvalue weighted by Gasteiger charge is 2.21. The lowest BCUT2D eigenvalue weighted by Crippen LogP contribution is -2.28. The summed E-state index contributed by atoms with van der Waals surface area (Å²) in [5.41, 5.74) is 4.56. The molecule has 29 heavy (non-hydrogen) atoms. The number of H-pyrrole nitrogens is 1. The van der Waals surface area contributed by atoms with Crippen molar-refractivity contribution < 1.29 is 4.79 Å². The first-order valence-electron chi connectivity index (χ1n) is 9.91. The van der Waals surface area contributed by atoms with Crippen molar-refractivity contribution >= 4 is 32.7 Å². The molecule has 1 amide bonds. The number of benzene rings is 1. The summed E-state index contributed by atoms with van der Waals surface area (Å²) in [6.45, 7) is 10.2. The van der Waals surface area contributed by atoms with E-state index in [9.17, 15) is 9.59 Å². The number of hydrogen-bond donors (Lipinski definition) is 2. The molecule has 0 radical (unpaired) electrons. The minimum Gasteiger partial charge on any atom is -0.348 e. The Morgan fingerprint density at radius 3 is 2.69 bits per heavy atom. The minimum absolute atomic E-state index is 0.144. The maximum absolute atomic E-state index is 13.1. The van der Waals surface area contributed by atoms with E-state index in [1.165, 1.54) is 0 Å². The van der Waals surface area contributed by atoms with Gasteiger partial charge in [0.05, 0.1) is 16.8 Å². The maximum atomic E-state index is 13.1. The minimum atomic E-state index is -0.226. The van der Waals surface area contributed by atoms with Gasteiger partial charge >= 0.3 is 0 Å². The SMILES string of the molecule is CCCc1cc(C)[nH]c(=O)c1CNC(=O)c1c(Br)ccc2c1c(C)nn2C(C)C. The molecule has 3 rings (SSSR count). The van der Waals surface area contributed by atoms with Crippen LogP contribution < -0.4 is 10.9 Å². The third kappa shape index (κ3) is 4.15. The van der Waals surface area contributed by atoms with Gasteiger partial charge in [0.25, 0.3) is 11.5 Å². The fourth-order valence-corrected chi connectivity index (χ4v) is 4.24. The highest BCUT2D eigenvalue weighted by molar-refractivity contribution is 9.10. The number of fused-ring (bicyclic) bond motifs is 1. The largest absolute Gasteiger partial charge is 0.348 e. The van der Waals surface area contributed by atoms with Crippen molar-refractivity contribution in [2.24, 2.45) is 0 Å². The molecule has 0 unspecified atom stereocenters. The van der Waals surface area contributed by atoms with Crippen molar-refractivity contribution in [1.29, 1.82) is 0 Å². The fourth-order valence-electron chi connectivity index (χ4n) is 3.73. The van der Waals surface area contributed by atoms with Crippen molar-refractivity contribution in [2.45, 2.75) is 60.0 Å². The molecular weight excluding hydrogens is 432 g/mol. The Kier molecular flexibility index (Phi) is 6.27. The molecule has 0 saturated carbocycles. The molecule has 0 saturated heterocycles. The summed E-state index contributed by atoms with van der Waals surface area (Å²) in [5, 5.41) is 8.39. The number of aryl methyl sites for hydroxylation is 3. The maximum Gasteiger partial charge on any atom is 0.253 e. The summed E-state index contributed by atoms with van der Waals surface area (Å²) in [7, 11) is 0. The van der Waals surface area contributed by atoms with E-state index in [0.717, 1.165) is 40.7 Å². The third-order valence-electron chi connectivity index (χ3n) is 5.02. The Hall–Kier alpha value is -2.41. The van der Waals surface area contributed by atoms with Crippen LogP contribution in [0.1, 0.15) is 66.1 Å². The van der Waals surface area contributed by atoms with E-state index < -0.39 is 0 Å². The topological polar surface area (TPSA) is 79.8 Å². The Morgan fingerprint density at radius 2 is 2.03 bits per heavy atom. The molecule has 0 atom stereocenters. The first kappa shape index (κ1) is 21.3. The molecule has 0 aliphatic carbocycles. The molecule has 1 aromatic carbocycles. The second kappa shape index (κ2) is 8.53. The molecule has 2 aromatic heterocycles. The van der Waals surface area contributed by atoms with E-state index in [1.807, 2.05) is 36.7 Å². The number of aromatic nitrogens is 3. The Bertz CT molecular complexity index is 1130. The Morgan fingerprint density at radius 1 is 1.31 bits per heavy atom. The Labute approximate surface area is 178 Å². The van der Waals surface area contributed by atoms with Gasteiger partial charge in [-0.25, -0.2) is 0 Å². The van der Waals surface area contributed by atoms with Crippen LogP contribution in [0.2, 0.25) is 0 Å². The normalized spacial score (nSPS) is 11.4. The lowest BCUT2D eigenvalue weighted by Gasteiger charge is -2.12. The number of rotatable bonds is 6. The zero-order chi connectivity index (χ0) is 21.3. The lowest BCUT2D eigenvalue weighted by atomic mass is 10.0. The van der Waals surface area contributed by atoms with E-state index in [-0.39, 0.29) is 24.1 Å². The summed E-state index contributed by atoms with van der Waals surface area (Å²) >= 11 is 3.52. The fraction of sp³-hybridized carbons (Fsp3) is 0.409. The second-order valence-electron chi connectivity index (χ2n) is 7.66. The monoisotopic (exact) mass is 458 g/mol. The van der Waals surface area contributed by atoms with Gasteiger partial charge in [0.15, 0.2) is 0 Å². The highest BCUT2D eigenvalue weighted by Crippen LogP contribution is 2.30. The average molecular weight is 459 g/mol. The molecule has 0 spiro atoms. The number of nitrogens with zero attached hydrogens (tertiary/aromatic N) is 2. The smallest absolute Gasteiger partial charge is 0.253 e. The number of carbonyl (C=O) groups excluding carboxylic acids is 1. The molecule has 2 N–H and O–H groups in total. The second-order valence-corrected chi connectivity index (χ2v) is 8.51. The molecule has 2 heterocycles. The number of halogens is 1. The van der Waals surface area contributed by atoms with Crippen LogP contribution in [0, 0.1) is 13.8 Å². The van der Waals surface area contributed by atoms with Gasteiger partial charge in [-0.1, -0.05) is 13.3 Å². The molecular formula is C22H27BrN4O2. The lowest BCUT2D eigenvalue weighted by molar-refractivity contribution is 0.0951. The molecule has 0 aliphatic heterocycles. The van der Waals surface area contributed by atoms with E-state index in [2.05, 4.69) is 52.1 Å². The van der Waals surface area contributed by atoms with Crippen LogP contribution in [0.25, 0.3) is 10.9 Å². The number of hydrogen-bond acceptors (Lipinski definition) is 3. The summed E-state index contributed by atoms with van der Waals surface area (Å²) in [6, 6.07) is 6.02. The third-order valence-corrected chi connectivity index (χ3v) is 5.68. The predicted octanol–water partition coefficient (Wildman–Crippen LogP) is 4.57. The summed E-state index contributed by atoms with van der Waals surface area (Å²) in [4.78, 5) is 28.4. The van der Waals surface area contributed by atoms with E-state index in [1.54, 1.807) is 0 Å². The van der Waals surface area contributed by atoms with Crippen LogP contribution in [-0.4, -0.2) is 20.7 Å². The van der Waals surface area contributed by atoms with Crippen molar-refractivity contribution in [1.82, 2.24) is 20.1 Å². The molecule has 3 aromatic rings. The zero-order valence-electron chi connectivity index (χ0n) is 17.5. The van der Waals surface area contributed by atoms with Crippen LogP contribution in [0.3, 0.4) is 0 Å². The van der Waals surface area contributed by atoms with E-state index >= 15 is 0 Å². The standard InChI is InChI=1S/C22H27BrN4O2/c1-6-7-15-10-13(4)25-21(28)16(15)11-24-22(29)20-17(23)8-9-18-19(20)14(5)26-27(18)12(2)3/h8-10,12H,6-7,11H2,1-5H3,(H,24,29)(H,25,28). The van der Waals surface area contributed by atoms with Gasteiger partial charge in [0.1, 0.15) is 0 Å². The van der Waals surface area contributed by atoms with Crippen molar-refractivity contribution in [3.05, 3.63) is 61.1 Å². The van der Waals surface area contributed by atoms with Gasteiger partial charge in [0, 0.05) is 33.7 Å². The van der Waals surface area contributed by atoms with E-state index in [4.69, 9.17) is 0 Å². The Balaban J connectivity index is 1.98. The number of nitrogens with one attached hydrogen (secondary N) is 2. The van der Waals surface area contributed by atoms with Gasteiger partial charge in [-0.05, 0) is 73.8 Å². The number of pyridine rings is 1. The van der Waals surface area contributed by atoms with Crippen molar-refractivity contribution in [2.75, 3.05) is 0 Å². The van der Waals surface area contributed by atoms with Crippen LogP contribution in [0.15, 0.2) is 27.5 Å². The van der Waals surface area contributed by atoms with Crippen molar-refractivity contribution in [3.8, 4) is 0 Å². The van der Waals surface area contributed by atoms with Gasteiger partial charge in [-0.3, -0.25) is 14.3 Å². The molecule has 7 heteroatoms. The summed E-state index contributed by atoms with van der Waals surface area (Å²) in [6.07, 6.45) is 1.73. The van der Waals surface area contributed by atoms with Gasteiger partial charge in [-0.2, -0.15) is 5.10 Å². The van der Waals surface area contributed by atoms with Gasteiger partial charge in [-0.15, -0.1) is 0 Å². The molecule has 0 bridgehead atoms. The number of carbonyl (C=O) groups is 1. The molecule has 6 nitrogen and oxygen atoms in total. The molecule has 0 fully saturated rings. The van der Waals surface area contributed by atoms with E-state index in [0.29, 0.717) is 15.6 Å². The van der Waals surface area contributed by atoms with Crippen LogP contribution >= 0.6 is 15.9 Å². The van der Waals surface area contributed by atoms with Crippen LogP contribution in [0.4, 0.5) is 0 Å². The van der Waals surface area contributed by atoms with Crippen molar-refractivity contribution in [3.63, 3.8) is 0 Å². The first-order valence-corrected chi connectivity index (χ1v) is 10.7.